The van der Waals surface area contributed by atoms with E-state index in [0.717, 1.165) is 215 Å². The molecule has 1 aromatic heterocycles. The molecular formula is C118H154O14. The minimum atomic E-state index is -0.944. The van der Waals surface area contributed by atoms with Crippen LogP contribution >= 0.6 is 0 Å². The molecule has 14 nitrogen and oxygen atoms in total. The number of methoxy groups -OCH3 is 4. The number of carbonyl (C=O) groups is 4. The molecule has 24 atom stereocenters. The van der Waals surface area contributed by atoms with Crippen molar-refractivity contribution in [1.29, 1.82) is 0 Å². The van der Waals surface area contributed by atoms with Gasteiger partial charge in [0, 0.05) is 113 Å². The van der Waals surface area contributed by atoms with Crippen molar-refractivity contribution in [3.8, 4) is 25.2 Å². The molecule has 20 aliphatic carbocycles. The van der Waals surface area contributed by atoms with Crippen LogP contribution in [0.3, 0.4) is 0 Å². The van der Waals surface area contributed by atoms with Crippen LogP contribution in [0.5, 0.6) is 0 Å². The smallest absolute Gasteiger partial charge is 0 e. The van der Waals surface area contributed by atoms with Gasteiger partial charge >= 0.3 is 23.2 Å². The maximum atomic E-state index is 12.4. The zero-order valence-electron chi connectivity index (χ0n) is 81.4. The fourth-order valence-electron chi connectivity index (χ4n) is 31.8. The van der Waals surface area contributed by atoms with E-state index in [-0.39, 0.29) is 91.9 Å². The van der Waals surface area contributed by atoms with Gasteiger partial charge in [0.1, 0.15) is 28.3 Å². The van der Waals surface area contributed by atoms with Crippen LogP contribution in [0.2, 0.25) is 0 Å². The topological polar surface area (TPSA) is 197 Å². The molecule has 2 aliphatic heterocycles. The van der Waals surface area contributed by atoms with Gasteiger partial charge in [-0.1, -0.05) is 183 Å². The number of aliphatic hydroxyl groups is 2. The average Bonchev–Trinajstić information content (AvgIpc) is 1.54. The Hall–Kier alpha value is -8.62. The van der Waals surface area contributed by atoms with E-state index in [2.05, 4.69) is 192 Å². The van der Waals surface area contributed by atoms with Crippen LogP contribution in [0.4, 0.5) is 0 Å². The van der Waals surface area contributed by atoms with Crippen LogP contribution in [-0.2, 0) is 52.3 Å². The predicted molar refractivity (Wildman–Crippen MR) is 521 cm³/mol. The molecule has 0 amide bonds. The van der Waals surface area contributed by atoms with Crippen molar-refractivity contribution in [2.24, 2.45) is 113 Å². The van der Waals surface area contributed by atoms with Crippen LogP contribution in [0.1, 0.15) is 296 Å². The van der Waals surface area contributed by atoms with Gasteiger partial charge < -0.3 is 43.1 Å². The molecule has 1 aromatic rings. The summed E-state index contributed by atoms with van der Waals surface area (Å²) in [5, 5.41) is 22.1. The third-order valence-corrected chi connectivity index (χ3v) is 40.4. The van der Waals surface area contributed by atoms with E-state index in [1.54, 1.807) is 57.0 Å². The number of fused-ring (bicyclic) bond motifs is 27. The van der Waals surface area contributed by atoms with Crippen molar-refractivity contribution in [2.45, 2.75) is 318 Å². The Labute approximate surface area is 791 Å². The third kappa shape index (κ3) is 15.2. The first-order valence-electron chi connectivity index (χ1n) is 49.8. The molecule has 710 valence electrons. The largest absolute Gasteiger partial charge is 0 e. The van der Waals surface area contributed by atoms with Crippen LogP contribution in [0.15, 0.2) is 211 Å². The van der Waals surface area contributed by atoms with Crippen LogP contribution < -0.4 is 0 Å². The number of hydrogen-bond donors (Lipinski definition) is 2. The maximum Gasteiger partial charge on any atom is 0 e. The number of rotatable bonds is 5. The molecule has 5 saturated carbocycles. The molecule has 0 bridgehead atoms. The number of furan rings is 1. The van der Waals surface area contributed by atoms with Gasteiger partial charge in [-0.05, 0) is 291 Å². The van der Waals surface area contributed by atoms with E-state index < -0.39 is 11.2 Å². The summed E-state index contributed by atoms with van der Waals surface area (Å²) >= 11 is 0. The Morgan fingerprint density at radius 3 is 1.24 bits per heavy atom. The summed E-state index contributed by atoms with van der Waals surface area (Å²) in [7, 11) is 7.11. The van der Waals surface area contributed by atoms with Crippen molar-refractivity contribution in [3.05, 3.63) is 219 Å². The molecule has 23 rings (SSSR count). The Kier molecular flexibility index (Phi) is 26.8. The van der Waals surface area contributed by atoms with Crippen LogP contribution in [0, 0.1) is 152 Å². The van der Waals surface area contributed by atoms with Crippen LogP contribution in [-0.4, -0.2) is 84.6 Å². The third-order valence-electron chi connectivity index (χ3n) is 40.4. The zero-order valence-corrected chi connectivity index (χ0v) is 81.4. The van der Waals surface area contributed by atoms with E-state index >= 15 is 0 Å². The monoisotopic (exact) mass is 1800 g/mol. The molecular weight excluding hydrogens is 1640 g/mol. The normalized spacial score (nSPS) is 42.8. The summed E-state index contributed by atoms with van der Waals surface area (Å²) < 4.78 is 46.3. The van der Waals surface area contributed by atoms with Crippen LogP contribution in [0.25, 0.3) is 0 Å². The first-order valence-corrected chi connectivity index (χ1v) is 49.8. The number of ether oxygens (including phenoxy) is 6. The molecule has 3 heterocycles. The summed E-state index contributed by atoms with van der Waals surface area (Å²) in [6.45, 7) is 33.8. The number of carbonyl (C=O) groups excluding carboxylic acids is 4. The molecule has 132 heavy (non-hydrogen) atoms. The summed E-state index contributed by atoms with van der Waals surface area (Å²) in [5.41, 5.74) is 13.3. The fourth-order valence-corrected chi connectivity index (χ4v) is 31.8. The summed E-state index contributed by atoms with van der Waals surface area (Å²) in [5.74, 6) is 14.4. The van der Waals surface area contributed by atoms with Crippen molar-refractivity contribution in [2.75, 3.05) is 28.4 Å². The quantitative estimate of drug-likeness (QED) is 0.0929. The minimum Gasteiger partial charge on any atom is 0 e. The van der Waals surface area contributed by atoms with E-state index in [0.29, 0.717) is 84.2 Å². The molecule has 0 aromatic carbocycles. The second-order valence-electron chi connectivity index (χ2n) is 45.2. The molecule has 0 radical (unpaired) electrons. The molecule has 2 N–H and O–H groups in total. The average molecular weight is 1800 g/mol. The molecule has 22 aliphatic rings. The Bertz CT molecular complexity index is 5340. The second kappa shape index (κ2) is 36.1. The van der Waals surface area contributed by atoms with Crippen molar-refractivity contribution >= 4 is 23.5 Å². The SMILES string of the molecule is C.C#C.C#C[C@]1(O)CCC2C3CC=C4C=C(OC)CC[C@]4(C)C3=CC[C@@]21C.C=C[C@]1(O)CCC2C3CC=C4C=C(OC)CC[C@]4(C)C3=CC[C@@]21C.COC1=CC2=CCC3C(=CC[C@@]4(C)C3CC[C@@]43CCC(=O)O3)[C@@]2(C)CC1.COC1=CC2=CCC3C(=CC[C@]4(C)C(=O)CCC34)[C@@]2(C)CC1.C[C@]12CCC(=O)C=C1C=CC1C2=CC[C@@]2(C)C1CC[C@@]21CCC(=O)O1.Cc1ccco1.[C-]#[O+].[HH]. The molecule has 10 unspecified atom stereocenters. The van der Waals surface area contributed by atoms with Gasteiger partial charge in [-0.15, -0.1) is 25.8 Å². The summed E-state index contributed by atoms with van der Waals surface area (Å²) in [6, 6.07) is 3.79. The standard InChI is InChI=1S/C23H30O3.C22H26O3.C22H30O2.C22H28O2.C20H26O2.C5H6O.C2H2.CO.CH4.H2/c1-21-10-6-16(25-3)14-15(21)4-5-17-18(21)7-11-22(2)19(17)8-12-23(22)13-9-20(24)26-23;1-20-9-5-15(23)13-14(20)3-4-16-17(20)6-10-21(2)18(16)7-11-22(21)12-8-19(24)25-22;2*1-5-22(23)13-10-19-17-7-6-15-14-16(24-4)8-11-20(15,2)18(17)9-12-21(19,22)3;1-19-10-8-14(22-3)12-13(19)4-5-15-16-6-7-18(21)20(16,2)11-9-17(15)19;1-5-3-2-4-6-5;2*1-2;;/h4,7,14,17,19H,5-6,8-13H2,1-3H3;3-4,6,13,16,18H,5,7-12H2,1-2H3;5-6,9,14,17,19,23H,1,7-8,10-13H2,2-4H3;1,6,9,14,17,19,23H,7-8,10-13H2,2-4H3;4,9,12,15-16H,5-8,10-11H2,1-3H3;2-4H,1H3;1-2H;;1H4;1H/t17?,19?,21-,22-,23+;16?,18?,20-,21-,22+;2*17?,19?,20-,21-,22-;15?,16?,19-,20-;;;;;/m00000...../s1. The number of ketones is 2. The van der Waals surface area contributed by atoms with Gasteiger partial charge in [-0.2, -0.15) is 0 Å². The second-order valence-corrected chi connectivity index (χ2v) is 45.2. The Morgan fingerprint density at radius 2 is 0.833 bits per heavy atom. The van der Waals surface area contributed by atoms with Gasteiger partial charge in [-0.25, -0.2) is 0 Å². The zero-order chi connectivity index (χ0) is 93.9. The number of Topliss-reactive ketones (excluding diaryl/α,β-unsaturated/α-hetero) is 1. The van der Waals surface area contributed by atoms with E-state index in [1.807, 2.05) is 31.2 Å². The summed E-state index contributed by atoms with van der Waals surface area (Å²) in [6.07, 6.45) is 87.1. The Balaban J connectivity index is 0.000000130. The number of hydrogen-bond acceptors (Lipinski definition) is 13. The van der Waals surface area contributed by atoms with Gasteiger partial charge in [-0.3, -0.25) is 19.2 Å². The number of esters is 2. The van der Waals surface area contributed by atoms with Crippen molar-refractivity contribution < 1.29 is 68.3 Å². The minimum absolute atomic E-state index is 0. The predicted octanol–water partition coefficient (Wildman–Crippen LogP) is 25.9. The van der Waals surface area contributed by atoms with E-state index in [4.69, 9.17) is 43.9 Å². The van der Waals surface area contributed by atoms with Gasteiger partial charge in [0.05, 0.1) is 63.3 Å². The van der Waals surface area contributed by atoms with Gasteiger partial charge in [0.25, 0.3) is 0 Å². The molecule has 2 saturated heterocycles. The van der Waals surface area contributed by atoms with Gasteiger partial charge in [0.15, 0.2) is 5.78 Å². The van der Waals surface area contributed by atoms with Crippen molar-refractivity contribution in [1.82, 2.24) is 0 Å². The van der Waals surface area contributed by atoms with E-state index in [9.17, 15) is 29.4 Å². The first kappa shape index (κ1) is 97.9. The summed E-state index contributed by atoms with van der Waals surface area (Å²) in [4.78, 5) is 48.1. The van der Waals surface area contributed by atoms with E-state index in [1.165, 1.54) is 39.9 Å². The molecule has 7 fully saturated rings. The fraction of sp³-hybridized carbons (Fsp3) is 0.619. The number of allylic oxidation sites excluding steroid dienone is 30. The van der Waals surface area contributed by atoms with Crippen molar-refractivity contribution in [3.63, 3.8) is 0 Å². The molecule has 2 spiro atoms. The van der Waals surface area contributed by atoms with Gasteiger partial charge in [0.2, 0.25) is 0 Å². The first-order chi connectivity index (χ1) is 62.4. The number of aryl methyl sites for hydroxylation is 1. The molecule has 14 heteroatoms. The number of terminal acetylenes is 2. The maximum absolute atomic E-state index is 12.4. The Morgan fingerprint density at radius 1 is 0.455 bits per heavy atom.